The minimum Gasteiger partial charge on any atom is -0.487 e. The molecule has 0 saturated heterocycles. The van der Waals surface area contributed by atoms with Crippen LogP contribution in [0.2, 0.25) is 0 Å². The maximum Gasteiger partial charge on any atom is 0.319 e. The second kappa shape index (κ2) is 7.68. The Morgan fingerprint density at radius 1 is 1.15 bits per heavy atom. The van der Waals surface area contributed by atoms with Crippen molar-refractivity contribution in [3.8, 4) is 17.2 Å². The maximum atomic E-state index is 13.8. The number of benzene rings is 2. The molecule has 1 fully saturated rings. The molecule has 1 saturated carbocycles. The molecule has 8 nitrogen and oxygen atoms in total. The number of urea groups is 1. The average molecular weight is 464 g/mol. The van der Waals surface area contributed by atoms with Crippen molar-refractivity contribution in [2.24, 2.45) is 0 Å². The molecule has 3 atom stereocenters. The highest BCUT2D eigenvalue weighted by atomic mass is 19.1. The van der Waals surface area contributed by atoms with Crippen molar-refractivity contribution >= 4 is 23.4 Å². The molecule has 10 heteroatoms. The van der Waals surface area contributed by atoms with Crippen LogP contribution in [-0.4, -0.2) is 29.1 Å². The van der Waals surface area contributed by atoms with E-state index in [4.69, 9.17) is 9.47 Å². The standard InChI is InChI=1S/C24H18F2N4O4/c25-14-2-1-3-15(26)20(14)29-24(32)30-21-19-13-10-11(4-6-16(13)34-22(19)21)33-17-8-9-27-23-12(17)5-7-18(31)28-23/h1-4,6,8-10,19,21-22H,5,7H2,(H,27,28,31)(H2,29,30,32)/t19-,21?,22-/m0/s1. The van der Waals surface area contributed by atoms with Gasteiger partial charge in [-0.15, -0.1) is 0 Å². The molecule has 1 aliphatic carbocycles. The number of fused-ring (bicyclic) bond motifs is 4. The summed E-state index contributed by atoms with van der Waals surface area (Å²) in [4.78, 5) is 28.1. The van der Waals surface area contributed by atoms with E-state index in [9.17, 15) is 18.4 Å². The van der Waals surface area contributed by atoms with Crippen LogP contribution in [0.15, 0.2) is 48.7 Å². The fraction of sp³-hybridized carbons (Fsp3) is 0.208. The van der Waals surface area contributed by atoms with E-state index < -0.39 is 23.4 Å². The quantitative estimate of drug-likeness (QED) is 0.540. The molecule has 0 radical (unpaired) electrons. The highest BCUT2D eigenvalue weighted by Gasteiger charge is 2.59. The van der Waals surface area contributed by atoms with E-state index in [-0.39, 0.29) is 24.0 Å². The Morgan fingerprint density at radius 2 is 1.97 bits per heavy atom. The van der Waals surface area contributed by atoms with Crippen molar-refractivity contribution in [2.75, 3.05) is 10.6 Å². The molecule has 3 N–H and O–H groups in total. The molecular formula is C24H18F2N4O4. The molecule has 1 unspecified atom stereocenters. The number of amides is 3. The number of carbonyl (C=O) groups excluding carboxylic acids is 2. The Morgan fingerprint density at radius 3 is 2.79 bits per heavy atom. The number of ether oxygens (including phenoxy) is 2. The fourth-order valence-corrected chi connectivity index (χ4v) is 4.47. The average Bonchev–Trinajstić information content (AvgIpc) is 3.32. The molecule has 3 aliphatic rings. The third kappa shape index (κ3) is 3.47. The minimum atomic E-state index is -0.854. The number of hydrogen-bond acceptors (Lipinski definition) is 5. The van der Waals surface area contributed by atoms with Gasteiger partial charge in [-0.25, -0.2) is 18.6 Å². The number of halogens is 2. The summed E-state index contributed by atoms with van der Waals surface area (Å²) in [5.74, 6) is 0.508. The van der Waals surface area contributed by atoms with E-state index in [1.54, 1.807) is 24.4 Å². The molecule has 0 spiro atoms. The molecule has 2 aliphatic heterocycles. The Balaban J connectivity index is 1.16. The van der Waals surface area contributed by atoms with Crippen LogP contribution in [0.1, 0.15) is 23.5 Å². The second-order valence-corrected chi connectivity index (χ2v) is 8.32. The maximum absolute atomic E-state index is 13.8. The van der Waals surface area contributed by atoms with Gasteiger partial charge in [0.25, 0.3) is 0 Å². The van der Waals surface area contributed by atoms with Crippen LogP contribution in [0.5, 0.6) is 17.2 Å². The normalized spacial score (nSPS) is 21.4. The van der Waals surface area contributed by atoms with Crippen LogP contribution < -0.4 is 25.4 Å². The second-order valence-electron chi connectivity index (χ2n) is 8.32. The Kier molecular flexibility index (Phi) is 4.61. The Bertz CT molecular complexity index is 1330. The zero-order chi connectivity index (χ0) is 23.4. The lowest BCUT2D eigenvalue weighted by Gasteiger charge is -2.19. The van der Waals surface area contributed by atoms with Gasteiger partial charge in [-0.3, -0.25) is 4.79 Å². The SMILES string of the molecule is O=C1CCc2c(Oc3ccc4c(c3)[C@H]3C(NC(=O)Nc5c(F)cccc5F)[C@H]3O4)ccnc2N1. The number of rotatable bonds is 4. The van der Waals surface area contributed by atoms with Crippen LogP contribution in [0, 0.1) is 11.6 Å². The summed E-state index contributed by atoms with van der Waals surface area (Å²) in [5, 5.41) is 7.69. The van der Waals surface area contributed by atoms with E-state index in [1.165, 1.54) is 6.07 Å². The van der Waals surface area contributed by atoms with Crippen LogP contribution >= 0.6 is 0 Å². The summed E-state index contributed by atoms with van der Waals surface area (Å²) in [6.45, 7) is 0. The van der Waals surface area contributed by atoms with Gasteiger partial charge in [0.15, 0.2) is 0 Å². The highest BCUT2D eigenvalue weighted by molar-refractivity contribution is 5.93. The molecule has 0 bridgehead atoms. The number of carbonyl (C=O) groups is 2. The smallest absolute Gasteiger partial charge is 0.319 e. The van der Waals surface area contributed by atoms with Crippen LogP contribution in [0.25, 0.3) is 0 Å². The monoisotopic (exact) mass is 464 g/mol. The van der Waals surface area contributed by atoms with Crippen molar-refractivity contribution in [1.82, 2.24) is 10.3 Å². The zero-order valence-corrected chi connectivity index (χ0v) is 17.6. The van der Waals surface area contributed by atoms with Crippen LogP contribution in [0.3, 0.4) is 0 Å². The van der Waals surface area contributed by atoms with Crippen molar-refractivity contribution in [2.45, 2.75) is 30.9 Å². The molecular weight excluding hydrogens is 446 g/mol. The summed E-state index contributed by atoms with van der Waals surface area (Å²) in [5.41, 5.74) is 1.21. The summed E-state index contributed by atoms with van der Waals surface area (Å²) >= 11 is 0. The summed E-state index contributed by atoms with van der Waals surface area (Å²) in [6.07, 6.45) is 2.21. The van der Waals surface area contributed by atoms with Gasteiger partial charge in [0.2, 0.25) is 5.91 Å². The molecule has 6 rings (SSSR count). The number of hydrogen-bond donors (Lipinski definition) is 3. The van der Waals surface area contributed by atoms with E-state index in [1.807, 2.05) is 6.07 Å². The zero-order valence-electron chi connectivity index (χ0n) is 17.6. The molecule has 34 heavy (non-hydrogen) atoms. The lowest BCUT2D eigenvalue weighted by atomic mass is 10.1. The number of para-hydroxylation sites is 1. The van der Waals surface area contributed by atoms with Gasteiger partial charge in [0.05, 0.1) is 12.0 Å². The molecule has 3 heterocycles. The van der Waals surface area contributed by atoms with Gasteiger partial charge >= 0.3 is 6.03 Å². The fourth-order valence-electron chi connectivity index (χ4n) is 4.47. The van der Waals surface area contributed by atoms with Crippen molar-refractivity contribution in [1.29, 1.82) is 0 Å². The Hall–Kier alpha value is -4.21. The van der Waals surface area contributed by atoms with Crippen molar-refractivity contribution in [3.63, 3.8) is 0 Å². The summed E-state index contributed by atoms with van der Waals surface area (Å²) in [6, 6.07) is 9.50. The van der Waals surface area contributed by atoms with E-state index in [0.717, 1.165) is 23.3 Å². The molecule has 2 aromatic carbocycles. The number of aromatic nitrogens is 1. The van der Waals surface area contributed by atoms with Crippen molar-refractivity contribution < 1.29 is 27.8 Å². The van der Waals surface area contributed by atoms with Gasteiger partial charge in [-0.05, 0) is 42.8 Å². The first-order chi connectivity index (χ1) is 16.5. The Labute approximate surface area is 192 Å². The van der Waals surface area contributed by atoms with Gasteiger partial charge < -0.3 is 25.4 Å². The van der Waals surface area contributed by atoms with Gasteiger partial charge in [0, 0.05) is 23.7 Å². The van der Waals surface area contributed by atoms with Crippen LogP contribution in [0.4, 0.5) is 25.1 Å². The number of pyridine rings is 1. The highest BCUT2D eigenvalue weighted by Crippen LogP contribution is 2.54. The van der Waals surface area contributed by atoms with Gasteiger partial charge in [-0.1, -0.05) is 6.07 Å². The third-order valence-corrected chi connectivity index (χ3v) is 6.16. The van der Waals surface area contributed by atoms with Gasteiger partial charge in [-0.2, -0.15) is 0 Å². The van der Waals surface area contributed by atoms with E-state index >= 15 is 0 Å². The molecule has 172 valence electrons. The number of nitrogens with one attached hydrogen (secondary N) is 3. The molecule has 3 aromatic rings. The lowest BCUT2D eigenvalue weighted by Crippen LogP contribution is -2.34. The summed E-state index contributed by atoms with van der Waals surface area (Å²) < 4.78 is 39.6. The van der Waals surface area contributed by atoms with Gasteiger partial charge in [0.1, 0.15) is 46.5 Å². The first kappa shape index (κ1) is 20.4. The van der Waals surface area contributed by atoms with Crippen LogP contribution in [-0.2, 0) is 11.2 Å². The molecule has 1 aromatic heterocycles. The third-order valence-electron chi connectivity index (χ3n) is 6.16. The minimum absolute atomic E-state index is 0.0769. The lowest BCUT2D eigenvalue weighted by molar-refractivity contribution is -0.116. The predicted octanol–water partition coefficient (Wildman–Crippen LogP) is 4.09. The van der Waals surface area contributed by atoms with Crippen molar-refractivity contribution in [3.05, 3.63) is 71.4 Å². The largest absolute Gasteiger partial charge is 0.487 e. The van der Waals surface area contributed by atoms with E-state index in [2.05, 4.69) is 20.9 Å². The number of anilines is 2. The number of nitrogens with zero attached hydrogens (tertiary/aromatic N) is 1. The van der Waals surface area contributed by atoms with E-state index in [0.29, 0.717) is 35.9 Å². The predicted molar refractivity (Wildman–Crippen MR) is 117 cm³/mol. The molecule has 3 amide bonds. The first-order valence-corrected chi connectivity index (χ1v) is 10.8. The topological polar surface area (TPSA) is 102 Å². The first-order valence-electron chi connectivity index (χ1n) is 10.8. The summed E-state index contributed by atoms with van der Waals surface area (Å²) in [7, 11) is 0.